The molecule has 1 heterocycles. The Bertz CT molecular complexity index is 593. The molecule has 0 unspecified atom stereocenters. The van der Waals surface area contributed by atoms with Crippen molar-refractivity contribution in [3.05, 3.63) is 24.0 Å². The second kappa shape index (κ2) is 5.33. The number of sulfonamides is 1. The molecule has 4 nitrogen and oxygen atoms in total. The van der Waals surface area contributed by atoms with Gasteiger partial charge in [-0.3, -0.25) is 0 Å². The molecular formula is C14H21FN2O2S. The normalized spacial score (nSPS) is 19.9. The maximum absolute atomic E-state index is 13.4. The summed E-state index contributed by atoms with van der Waals surface area (Å²) in [6, 6.07) is 3.90. The fraction of sp³-hybridized carbons (Fsp3) is 0.571. The number of nitrogens with zero attached hydrogens (tertiary/aromatic N) is 1. The predicted octanol–water partition coefficient (Wildman–Crippen LogP) is 2.61. The van der Waals surface area contributed by atoms with E-state index in [0.29, 0.717) is 13.1 Å². The van der Waals surface area contributed by atoms with Crippen LogP contribution in [-0.2, 0) is 10.0 Å². The van der Waals surface area contributed by atoms with Crippen LogP contribution in [-0.4, -0.2) is 25.8 Å². The zero-order valence-corrected chi connectivity index (χ0v) is 12.7. The van der Waals surface area contributed by atoms with Crippen LogP contribution in [0.2, 0.25) is 0 Å². The number of halogens is 1. The Morgan fingerprint density at radius 1 is 1.35 bits per heavy atom. The number of nitrogen functional groups attached to an aromatic ring is 1. The first kappa shape index (κ1) is 15.3. The Labute approximate surface area is 119 Å². The van der Waals surface area contributed by atoms with E-state index in [1.165, 1.54) is 22.5 Å². The Morgan fingerprint density at radius 2 is 1.95 bits per heavy atom. The van der Waals surface area contributed by atoms with Crippen LogP contribution in [0.5, 0.6) is 0 Å². The van der Waals surface area contributed by atoms with Crippen LogP contribution >= 0.6 is 0 Å². The highest BCUT2D eigenvalue weighted by atomic mass is 32.2. The molecule has 112 valence electrons. The first-order chi connectivity index (χ1) is 9.30. The third-order valence-electron chi connectivity index (χ3n) is 4.41. The van der Waals surface area contributed by atoms with Gasteiger partial charge in [0.1, 0.15) is 10.7 Å². The van der Waals surface area contributed by atoms with Gasteiger partial charge in [0.05, 0.1) is 5.69 Å². The number of rotatable bonds is 3. The summed E-state index contributed by atoms with van der Waals surface area (Å²) in [6.45, 7) is 5.22. The van der Waals surface area contributed by atoms with E-state index in [4.69, 9.17) is 5.73 Å². The third-order valence-corrected chi connectivity index (χ3v) is 6.37. The molecule has 0 aliphatic carbocycles. The van der Waals surface area contributed by atoms with Crippen LogP contribution in [0, 0.1) is 11.2 Å². The van der Waals surface area contributed by atoms with Crippen molar-refractivity contribution < 1.29 is 12.8 Å². The van der Waals surface area contributed by atoms with Gasteiger partial charge in [0, 0.05) is 13.1 Å². The first-order valence-corrected chi connectivity index (χ1v) is 8.28. The van der Waals surface area contributed by atoms with Gasteiger partial charge in [-0.25, -0.2) is 12.8 Å². The van der Waals surface area contributed by atoms with Gasteiger partial charge in [-0.05, 0) is 30.4 Å². The molecule has 1 aliphatic heterocycles. The summed E-state index contributed by atoms with van der Waals surface area (Å²) in [4.78, 5) is -0.127. The lowest BCUT2D eigenvalue weighted by Crippen LogP contribution is -2.42. The molecule has 1 saturated heterocycles. The molecule has 20 heavy (non-hydrogen) atoms. The summed E-state index contributed by atoms with van der Waals surface area (Å²) in [5.74, 6) is -0.693. The summed E-state index contributed by atoms with van der Waals surface area (Å²) in [5, 5.41) is 0. The number of anilines is 1. The van der Waals surface area contributed by atoms with Crippen molar-refractivity contribution in [1.82, 2.24) is 4.31 Å². The molecule has 2 N–H and O–H groups in total. The molecule has 1 fully saturated rings. The second-order valence-corrected chi connectivity index (χ2v) is 7.63. The highest BCUT2D eigenvalue weighted by Gasteiger charge is 2.35. The van der Waals surface area contributed by atoms with Crippen molar-refractivity contribution in [2.24, 2.45) is 5.41 Å². The van der Waals surface area contributed by atoms with Crippen LogP contribution in [0.3, 0.4) is 0 Å². The summed E-state index contributed by atoms with van der Waals surface area (Å²) in [7, 11) is -3.71. The molecule has 0 saturated carbocycles. The van der Waals surface area contributed by atoms with Crippen molar-refractivity contribution >= 4 is 15.7 Å². The molecular weight excluding hydrogens is 279 g/mol. The Hall–Kier alpha value is -1.14. The Morgan fingerprint density at radius 3 is 2.50 bits per heavy atom. The van der Waals surface area contributed by atoms with Gasteiger partial charge < -0.3 is 5.73 Å². The molecule has 0 bridgehead atoms. The molecule has 0 atom stereocenters. The maximum Gasteiger partial charge on any atom is 0.245 e. The SMILES string of the molecule is CCC1(C)CCN(S(=O)(=O)c2cccc(F)c2N)CC1. The van der Waals surface area contributed by atoms with Crippen LogP contribution in [0.15, 0.2) is 23.1 Å². The van der Waals surface area contributed by atoms with Crippen LogP contribution in [0.25, 0.3) is 0 Å². The van der Waals surface area contributed by atoms with E-state index < -0.39 is 15.8 Å². The van der Waals surface area contributed by atoms with E-state index >= 15 is 0 Å². The lowest BCUT2D eigenvalue weighted by Gasteiger charge is -2.38. The van der Waals surface area contributed by atoms with Gasteiger partial charge in [0.15, 0.2) is 0 Å². The largest absolute Gasteiger partial charge is 0.395 e. The highest BCUT2D eigenvalue weighted by Crippen LogP contribution is 2.36. The monoisotopic (exact) mass is 300 g/mol. The second-order valence-electron chi connectivity index (χ2n) is 5.72. The van der Waals surface area contributed by atoms with Crippen LogP contribution in [0.1, 0.15) is 33.1 Å². The standard InChI is InChI=1S/C14H21FN2O2S/c1-3-14(2)7-9-17(10-8-14)20(18,19)12-6-4-5-11(15)13(12)16/h4-6H,3,7-10,16H2,1-2H3. The van der Waals surface area contributed by atoms with Gasteiger partial charge in [-0.1, -0.05) is 26.3 Å². The van der Waals surface area contributed by atoms with E-state index in [0.717, 1.165) is 19.3 Å². The fourth-order valence-corrected chi connectivity index (χ4v) is 4.07. The fourth-order valence-electron chi connectivity index (χ4n) is 2.50. The Balaban J connectivity index is 2.27. The van der Waals surface area contributed by atoms with Crippen LogP contribution in [0.4, 0.5) is 10.1 Å². The maximum atomic E-state index is 13.4. The molecule has 0 aromatic heterocycles. The quantitative estimate of drug-likeness (QED) is 0.873. The van der Waals surface area contributed by atoms with Crippen molar-refractivity contribution in [3.63, 3.8) is 0 Å². The molecule has 0 spiro atoms. The summed E-state index contributed by atoms with van der Waals surface area (Å²) < 4.78 is 39.9. The molecule has 0 radical (unpaired) electrons. The minimum Gasteiger partial charge on any atom is -0.395 e. The number of hydrogen-bond acceptors (Lipinski definition) is 3. The first-order valence-electron chi connectivity index (χ1n) is 6.84. The van der Waals surface area contributed by atoms with Crippen molar-refractivity contribution in [2.75, 3.05) is 18.8 Å². The smallest absolute Gasteiger partial charge is 0.245 e. The van der Waals surface area contributed by atoms with Crippen molar-refractivity contribution in [1.29, 1.82) is 0 Å². The lowest BCUT2D eigenvalue weighted by atomic mass is 9.79. The minimum atomic E-state index is -3.71. The number of piperidine rings is 1. The van der Waals surface area contributed by atoms with Gasteiger partial charge in [0.25, 0.3) is 0 Å². The van der Waals surface area contributed by atoms with E-state index in [2.05, 4.69) is 13.8 Å². The number of para-hydroxylation sites is 1. The summed E-state index contributed by atoms with van der Waals surface area (Å²) in [5.41, 5.74) is 5.47. The zero-order chi connectivity index (χ0) is 15.0. The molecule has 2 rings (SSSR count). The van der Waals surface area contributed by atoms with E-state index in [1.54, 1.807) is 0 Å². The zero-order valence-electron chi connectivity index (χ0n) is 11.9. The third kappa shape index (κ3) is 2.67. The molecule has 0 amide bonds. The Kier molecular flexibility index (Phi) is 4.07. The van der Waals surface area contributed by atoms with Crippen molar-refractivity contribution in [2.45, 2.75) is 38.0 Å². The highest BCUT2D eigenvalue weighted by molar-refractivity contribution is 7.89. The molecule has 1 aromatic rings. The van der Waals surface area contributed by atoms with Crippen LogP contribution < -0.4 is 5.73 Å². The lowest BCUT2D eigenvalue weighted by molar-refractivity contribution is 0.169. The molecule has 1 aliphatic rings. The number of benzene rings is 1. The number of nitrogens with two attached hydrogens (primary N) is 1. The number of hydrogen-bond donors (Lipinski definition) is 1. The average molecular weight is 300 g/mol. The van der Waals surface area contributed by atoms with Gasteiger partial charge in [0.2, 0.25) is 10.0 Å². The van der Waals surface area contributed by atoms with Crippen molar-refractivity contribution in [3.8, 4) is 0 Å². The van der Waals surface area contributed by atoms with Gasteiger partial charge in [-0.15, -0.1) is 0 Å². The topological polar surface area (TPSA) is 63.4 Å². The average Bonchev–Trinajstić information content (AvgIpc) is 2.42. The predicted molar refractivity (Wildman–Crippen MR) is 77.2 cm³/mol. The minimum absolute atomic E-state index is 0.127. The van der Waals surface area contributed by atoms with E-state index in [1.807, 2.05) is 0 Å². The van der Waals surface area contributed by atoms with E-state index in [9.17, 15) is 12.8 Å². The van der Waals surface area contributed by atoms with Gasteiger partial charge in [-0.2, -0.15) is 4.31 Å². The van der Waals surface area contributed by atoms with E-state index in [-0.39, 0.29) is 16.0 Å². The summed E-state index contributed by atoms with van der Waals surface area (Å²) in [6.07, 6.45) is 2.67. The molecule has 6 heteroatoms. The summed E-state index contributed by atoms with van der Waals surface area (Å²) >= 11 is 0. The molecule has 1 aromatic carbocycles. The van der Waals surface area contributed by atoms with Gasteiger partial charge >= 0.3 is 0 Å².